The third-order valence-corrected chi connectivity index (χ3v) is 21.0. The molecule has 9 heterocycles. The fraction of sp³-hybridized carbons (Fsp3) is 0.935. The molecule has 9 saturated heterocycles. The largest absolute Gasteiger partial charge is 0.397 e. The number of hydrogen-bond donors (Lipinski definition) is 29. The highest BCUT2D eigenvalue weighted by Gasteiger charge is 2.61. The van der Waals surface area contributed by atoms with E-state index in [1.54, 1.807) is 0 Å². The van der Waals surface area contributed by atoms with Crippen molar-refractivity contribution in [3.8, 4) is 0 Å². The van der Waals surface area contributed by atoms with Gasteiger partial charge in [0.05, 0.1) is 59.5 Å². The number of rotatable bonds is 31. The summed E-state index contributed by atoms with van der Waals surface area (Å²) in [4.78, 5) is 50.7. The van der Waals surface area contributed by atoms with Gasteiger partial charge in [-0.3, -0.25) is 23.7 Å². The average molecular weight is 1720 g/mol. The van der Waals surface area contributed by atoms with Gasteiger partial charge in [-0.1, -0.05) is 0 Å². The number of aliphatic hydroxyl groups is 24. The van der Waals surface area contributed by atoms with Crippen molar-refractivity contribution >= 4 is 34.0 Å². The zero-order valence-corrected chi connectivity index (χ0v) is 62.5. The van der Waals surface area contributed by atoms with E-state index in [1.807, 2.05) is 0 Å². The molecule has 54 heteroatoms. The minimum Gasteiger partial charge on any atom is -0.394 e. The highest BCUT2D eigenvalue weighted by Crippen LogP contribution is 2.40. The molecule has 0 aromatic rings. The Kier molecular flexibility index (Phi) is 34.3. The van der Waals surface area contributed by atoms with Crippen LogP contribution in [-0.4, -0.2) is 495 Å². The number of ether oxygens (including phenoxy) is 17. The quantitative estimate of drug-likeness (QED) is 0.0287. The lowest BCUT2D eigenvalue weighted by molar-refractivity contribution is -0.397. The number of nitrogens with one attached hydrogen (secondary N) is 4. The van der Waals surface area contributed by atoms with E-state index in [2.05, 4.69) is 25.5 Å². The Bertz CT molecular complexity index is 3250. The van der Waals surface area contributed by atoms with Gasteiger partial charge in [0.2, 0.25) is 23.6 Å². The van der Waals surface area contributed by atoms with Crippen LogP contribution in [0.25, 0.3) is 0 Å². The van der Waals surface area contributed by atoms with E-state index >= 15 is 0 Å². The van der Waals surface area contributed by atoms with Gasteiger partial charge >= 0.3 is 10.4 Å². The SMILES string of the molecule is CC(=O)N[C@H]1[C@H](O[C@H]2[C@H](O)[C@@H](NC(C)=O)[C@H](O[C@@H]3[C@@H](O[C@@H]4[C@H](O)[C@H](O[C@H]5[C@H](O)[C@@H](NC(C)=O)[C@H](O[C@H]6[C@H](O)[C@@H](NC(C)=O)C(O)O[C@@H]6CO)O[C@@H]5CO)O[C@H](CO[C@H]5O[C@H](CO[C@H]6O[C@H](CO)[C@@H](O)[C@H](O)[C@@H]6O)[C@@H](O)[C@H](O[C@H]6O[C@H](CO)[C@@H](O)[C@H](O)[C@@H]6O)[C@@H]5O)[C@H]4O)O[C@H](CO)[C@@H](O)[C@@H]3O)O[C@@H]2CO)O[C@H](CO)[C@H](OS(=O)(=O)O)[C@@H]1O. The first-order chi connectivity index (χ1) is 54.6. The fourth-order valence-corrected chi connectivity index (χ4v) is 15.1. The second-order valence-corrected chi connectivity index (χ2v) is 29.7. The monoisotopic (exact) mass is 1720 g/mol. The minimum atomic E-state index is -5.44. The van der Waals surface area contributed by atoms with Crippen LogP contribution in [0.1, 0.15) is 27.7 Å². The number of carbonyl (C=O) groups excluding carboxylic acids is 4. The van der Waals surface area contributed by atoms with Crippen molar-refractivity contribution in [1.82, 2.24) is 21.3 Å². The summed E-state index contributed by atoms with van der Waals surface area (Å²) in [5.74, 6) is -3.75. The van der Waals surface area contributed by atoms with E-state index < -0.39 is 370 Å². The Balaban J connectivity index is 1.06. The molecule has 1 unspecified atom stereocenters. The molecule has 0 radical (unpaired) electrons. The van der Waals surface area contributed by atoms with E-state index in [9.17, 15) is 155 Å². The van der Waals surface area contributed by atoms with E-state index in [-0.39, 0.29) is 0 Å². The molecule has 9 rings (SSSR count). The highest BCUT2D eigenvalue weighted by molar-refractivity contribution is 7.80. The fourth-order valence-electron chi connectivity index (χ4n) is 14.6. The molecule has 29 N–H and O–H groups in total. The van der Waals surface area contributed by atoms with Crippen LogP contribution in [0.5, 0.6) is 0 Å². The molecule has 0 spiro atoms. The van der Waals surface area contributed by atoms with Crippen LogP contribution in [0.3, 0.4) is 0 Å². The molecule has 672 valence electrons. The molecule has 9 fully saturated rings. The maximum atomic E-state index is 13.1. The first-order valence-electron chi connectivity index (χ1n) is 36.3. The number of hydrogen-bond acceptors (Lipinski definition) is 48. The third-order valence-electron chi connectivity index (χ3n) is 20.5. The first-order valence-corrected chi connectivity index (χ1v) is 37.7. The van der Waals surface area contributed by atoms with Gasteiger partial charge in [-0.2, -0.15) is 8.42 Å². The molecule has 0 aromatic heterocycles. The molecule has 0 aromatic carbocycles. The smallest absolute Gasteiger partial charge is 0.394 e. The van der Waals surface area contributed by atoms with Gasteiger partial charge in [0.25, 0.3) is 0 Å². The second-order valence-electron chi connectivity index (χ2n) is 28.7. The molecule has 0 saturated carbocycles. The van der Waals surface area contributed by atoms with Gasteiger partial charge in [0.1, 0.15) is 219 Å². The number of amides is 4. The summed E-state index contributed by atoms with van der Waals surface area (Å²) in [6, 6.07) is -7.62. The van der Waals surface area contributed by atoms with Gasteiger partial charge in [-0.05, 0) is 0 Å². The Labute approximate surface area is 656 Å². The van der Waals surface area contributed by atoms with Crippen LogP contribution in [0.2, 0.25) is 0 Å². The Morgan fingerprint density at radius 3 is 0.940 bits per heavy atom. The molecule has 0 bridgehead atoms. The van der Waals surface area contributed by atoms with Gasteiger partial charge in [-0.25, -0.2) is 4.18 Å². The summed E-state index contributed by atoms with van der Waals surface area (Å²) in [5.41, 5.74) is 0. The molecule has 45 atom stereocenters. The molecule has 116 heavy (non-hydrogen) atoms. The van der Waals surface area contributed by atoms with Crippen molar-refractivity contribution in [2.75, 3.05) is 59.5 Å². The number of aliphatic hydroxyl groups excluding tert-OH is 24. The highest BCUT2D eigenvalue weighted by atomic mass is 32.3. The third kappa shape index (κ3) is 21.8. The van der Waals surface area contributed by atoms with E-state index in [1.165, 1.54) is 0 Å². The lowest BCUT2D eigenvalue weighted by Gasteiger charge is -2.51. The average Bonchev–Trinajstić information content (AvgIpc) is 0.765. The Morgan fingerprint density at radius 2 is 0.534 bits per heavy atom. The second kappa shape index (κ2) is 41.5. The lowest BCUT2D eigenvalue weighted by Crippen LogP contribution is -2.71. The maximum Gasteiger partial charge on any atom is 0.397 e. The van der Waals surface area contributed by atoms with Crippen LogP contribution in [0.15, 0.2) is 0 Å². The van der Waals surface area contributed by atoms with Crippen molar-refractivity contribution in [2.45, 2.75) is 304 Å². The van der Waals surface area contributed by atoms with E-state index in [0.717, 1.165) is 27.7 Å². The molecular weight excluding hydrogens is 1620 g/mol. The van der Waals surface area contributed by atoms with Crippen molar-refractivity contribution in [1.29, 1.82) is 0 Å². The van der Waals surface area contributed by atoms with Crippen molar-refractivity contribution in [3.63, 3.8) is 0 Å². The molecule has 53 nitrogen and oxygen atoms in total. The van der Waals surface area contributed by atoms with Gasteiger partial charge in [-0.15, -0.1) is 0 Å². The Hall–Kier alpha value is -3.89. The summed E-state index contributed by atoms with van der Waals surface area (Å²) in [6.07, 6.45) is -87.9. The zero-order chi connectivity index (χ0) is 85.7. The van der Waals surface area contributed by atoms with Crippen molar-refractivity contribution < 1.29 is 239 Å². The standard InChI is InChI=1S/C62H104N4O49S/c1-14(74)63-27-36(83)47(21(8-70)100-54(27)94)109-55-28(64-15(2)75)38(85)49(23(10-72)104-55)111-61-46(93)52(35(82)26(108-61)13-99-59-45(92)51(112-60-44(91)41(88)32(79)19(6-68)102-60)34(81)25(107-59)12-98-58-43(90)40(87)31(78)18(5-67)101-58)113-62-53(42(89)33(80)20(7-69)103-62)114-57-29(65-16(3)76)37(84)48(22(9-71)105-57)110-56-30(66-17(4)77)39(86)50(24(11-73)106-56)115-116(95,96)97/h18-62,67-73,78-94H,5-13H2,1-4H3,(H,63,74)(H,64,75)(H,65,76)(H,66,77)(H,95,96,97)/t18-,19-,20-,21-,22-,23-,24-,25-,26-,27-,28-,29-,30-,31-,32-,33-,34-,35-,36-,37-,38-,39-,40+,41+,42+,43+,44+,45+,46+,47-,48-,49-,50+,51+,52+,53+,54?,55+,56+,57+,58+,59+,60-,61+,62-/m1/s1. The zero-order valence-electron chi connectivity index (χ0n) is 61.7. The van der Waals surface area contributed by atoms with Crippen LogP contribution in [-0.2, 0) is 114 Å². The van der Waals surface area contributed by atoms with Crippen LogP contribution >= 0.6 is 0 Å². The normalized spacial score (nSPS) is 47.8. The van der Waals surface area contributed by atoms with Gasteiger partial charge < -0.3 is 224 Å². The summed E-state index contributed by atoms with van der Waals surface area (Å²) >= 11 is 0. The molecule has 0 aliphatic carbocycles. The maximum absolute atomic E-state index is 13.1. The molecular formula is C62H104N4O49S. The summed E-state index contributed by atoms with van der Waals surface area (Å²) in [7, 11) is -5.44. The predicted molar refractivity (Wildman–Crippen MR) is 354 cm³/mol. The van der Waals surface area contributed by atoms with E-state index in [0.29, 0.717) is 0 Å². The minimum absolute atomic E-state index is 0.802. The molecule has 4 amide bonds. The van der Waals surface area contributed by atoms with Gasteiger partial charge in [0, 0.05) is 27.7 Å². The van der Waals surface area contributed by atoms with Crippen molar-refractivity contribution in [2.24, 2.45) is 0 Å². The van der Waals surface area contributed by atoms with Crippen LogP contribution < -0.4 is 21.3 Å². The summed E-state index contributed by atoms with van der Waals surface area (Å²) < 4.78 is 138. The summed E-state index contributed by atoms with van der Waals surface area (Å²) in [5, 5.41) is 277. The first kappa shape index (κ1) is 95.9. The predicted octanol–water partition coefficient (Wildman–Crippen LogP) is -20.2. The topological polar surface area (TPSA) is 822 Å². The molecule has 9 aliphatic heterocycles. The summed E-state index contributed by atoms with van der Waals surface area (Å²) in [6.45, 7) is -6.44. The number of carbonyl (C=O) groups is 4. The van der Waals surface area contributed by atoms with Crippen LogP contribution in [0, 0.1) is 0 Å². The van der Waals surface area contributed by atoms with E-state index in [4.69, 9.17) is 80.5 Å². The van der Waals surface area contributed by atoms with Crippen LogP contribution in [0.4, 0.5) is 0 Å². The lowest BCUT2D eigenvalue weighted by atomic mass is 9.93. The Morgan fingerprint density at radius 1 is 0.267 bits per heavy atom. The van der Waals surface area contributed by atoms with Crippen molar-refractivity contribution in [3.05, 3.63) is 0 Å². The van der Waals surface area contributed by atoms with Gasteiger partial charge in [0.15, 0.2) is 56.6 Å². The molecule has 9 aliphatic rings.